The Morgan fingerprint density at radius 2 is 2.12 bits per heavy atom. The van der Waals surface area contributed by atoms with Gasteiger partial charge in [-0.1, -0.05) is 33.6 Å². The van der Waals surface area contributed by atoms with Gasteiger partial charge in [-0.05, 0) is 25.2 Å². The van der Waals surface area contributed by atoms with Gasteiger partial charge in [-0.3, -0.25) is 4.79 Å². The lowest BCUT2D eigenvalue weighted by molar-refractivity contribution is -0.124. The molecule has 1 heterocycles. The van der Waals surface area contributed by atoms with Crippen LogP contribution in [0.1, 0.15) is 59.3 Å². The lowest BCUT2D eigenvalue weighted by atomic mass is 9.92. The second kappa shape index (κ2) is 7.70. The van der Waals surface area contributed by atoms with Crippen LogP contribution in [0.25, 0.3) is 0 Å². The minimum absolute atomic E-state index is 0.189. The van der Waals surface area contributed by atoms with Gasteiger partial charge in [-0.2, -0.15) is 0 Å². The van der Waals surface area contributed by atoms with Gasteiger partial charge in [0.25, 0.3) is 0 Å². The Morgan fingerprint density at radius 3 is 2.71 bits per heavy atom. The van der Waals surface area contributed by atoms with Crippen molar-refractivity contribution in [3.05, 3.63) is 0 Å². The summed E-state index contributed by atoms with van der Waals surface area (Å²) in [4.78, 5) is 11.7. The molecule has 1 N–H and O–H groups in total. The van der Waals surface area contributed by atoms with Gasteiger partial charge >= 0.3 is 0 Å². The molecule has 0 radical (unpaired) electrons. The maximum Gasteiger partial charge on any atom is 0.220 e. The molecule has 100 valence electrons. The molecule has 1 fully saturated rings. The lowest BCUT2D eigenvalue weighted by Gasteiger charge is -2.34. The number of unbranched alkanes of at least 4 members (excludes halogenated alkanes) is 2. The third kappa shape index (κ3) is 5.07. The van der Waals surface area contributed by atoms with Crippen molar-refractivity contribution in [2.45, 2.75) is 71.4 Å². The first-order valence-electron chi connectivity index (χ1n) is 7.08. The van der Waals surface area contributed by atoms with Gasteiger partial charge in [0.05, 0.1) is 18.8 Å². The van der Waals surface area contributed by atoms with Crippen LogP contribution in [0.3, 0.4) is 0 Å². The molecular weight excluding hydrogens is 214 g/mol. The predicted molar refractivity (Wildman–Crippen MR) is 69.9 cm³/mol. The van der Waals surface area contributed by atoms with Crippen LogP contribution in [-0.2, 0) is 9.53 Å². The third-order valence-electron chi connectivity index (χ3n) is 3.58. The Morgan fingerprint density at radius 1 is 1.35 bits per heavy atom. The summed E-state index contributed by atoms with van der Waals surface area (Å²) >= 11 is 0. The van der Waals surface area contributed by atoms with Crippen molar-refractivity contribution in [1.82, 2.24) is 5.32 Å². The molecule has 3 nitrogen and oxygen atoms in total. The second-order valence-corrected chi connectivity index (χ2v) is 5.21. The molecule has 1 aliphatic rings. The van der Waals surface area contributed by atoms with E-state index in [0.29, 0.717) is 25.0 Å². The van der Waals surface area contributed by atoms with Crippen LogP contribution in [0.15, 0.2) is 0 Å². The first kappa shape index (κ1) is 14.5. The number of carbonyl (C=O) groups excluding carboxylic acids is 1. The number of carbonyl (C=O) groups is 1. The zero-order valence-electron chi connectivity index (χ0n) is 11.5. The average Bonchev–Trinajstić information content (AvgIpc) is 2.29. The van der Waals surface area contributed by atoms with Gasteiger partial charge < -0.3 is 10.1 Å². The zero-order valence-corrected chi connectivity index (χ0v) is 11.5. The lowest BCUT2D eigenvalue weighted by Crippen LogP contribution is -2.45. The van der Waals surface area contributed by atoms with Crippen LogP contribution in [-0.4, -0.2) is 24.7 Å². The van der Waals surface area contributed by atoms with Crippen LogP contribution >= 0.6 is 0 Å². The van der Waals surface area contributed by atoms with E-state index in [4.69, 9.17) is 4.74 Å². The summed E-state index contributed by atoms with van der Waals surface area (Å²) in [6.07, 6.45) is 6.47. The van der Waals surface area contributed by atoms with Crippen LogP contribution < -0.4 is 5.32 Å². The number of rotatable bonds is 6. The van der Waals surface area contributed by atoms with Gasteiger partial charge in [-0.15, -0.1) is 0 Å². The van der Waals surface area contributed by atoms with Crippen LogP contribution in [0, 0.1) is 5.92 Å². The van der Waals surface area contributed by atoms with Crippen molar-refractivity contribution >= 4 is 5.91 Å². The van der Waals surface area contributed by atoms with E-state index in [1.54, 1.807) is 0 Å². The molecule has 0 aromatic heterocycles. The van der Waals surface area contributed by atoms with E-state index in [0.717, 1.165) is 32.1 Å². The third-order valence-corrected chi connectivity index (χ3v) is 3.58. The van der Waals surface area contributed by atoms with E-state index < -0.39 is 0 Å². The van der Waals surface area contributed by atoms with Gasteiger partial charge in [0.2, 0.25) is 5.91 Å². The monoisotopic (exact) mass is 241 g/mol. The molecule has 0 aromatic carbocycles. The zero-order chi connectivity index (χ0) is 12.7. The molecule has 3 unspecified atom stereocenters. The Bertz CT molecular complexity index is 230. The van der Waals surface area contributed by atoms with Gasteiger partial charge in [0.1, 0.15) is 0 Å². The number of hydrogen-bond acceptors (Lipinski definition) is 2. The molecule has 0 bridgehead atoms. The molecule has 3 atom stereocenters. The standard InChI is InChI=1S/C14H27NO2/c1-4-6-7-8-14(16)15-12-9-11(3)13(5-2)17-10-12/h11-13H,4-10H2,1-3H3,(H,15,16). The molecule has 0 spiro atoms. The molecule has 0 aromatic rings. The number of ether oxygens (including phenoxy) is 1. The highest BCUT2D eigenvalue weighted by molar-refractivity contribution is 5.76. The summed E-state index contributed by atoms with van der Waals surface area (Å²) < 4.78 is 5.76. The number of nitrogens with one attached hydrogen (secondary N) is 1. The van der Waals surface area contributed by atoms with Crippen molar-refractivity contribution in [2.24, 2.45) is 5.92 Å². The molecule has 1 rings (SSSR count). The fourth-order valence-electron chi connectivity index (χ4n) is 2.53. The molecule has 3 heteroatoms. The summed E-state index contributed by atoms with van der Waals surface area (Å²) in [5.74, 6) is 0.740. The highest BCUT2D eigenvalue weighted by Crippen LogP contribution is 2.22. The molecule has 1 saturated heterocycles. The molecule has 1 amide bonds. The fourth-order valence-corrected chi connectivity index (χ4v) is 2.53. The van der Waals surface area contributed by atoms with E-state index in [-0.39, 0.29) is 11.9 Å². The van der Waals surface area contributed by atoms with Crippen LogP contribution in [0.5, 0.6) is 0 Å². The van der Waals surface area contributed by atoms with Crippen molar-refractivity contribution < 1.29 is 9.53 Å². The molecule has 0 saturated carbocycles. The van der Waals surface area contributed by atoms with Crippen molar-refractivity contribution in [3.8, 4) is 0 Å². The summed E-state index contributed by atoms with van der Waals surface area (Å²) in [6.45, 7) is 7.20. The van der Waals surface area contributed by atoms with Crippen LogP contribution in [0.4, 0.5) is 0 Å². The maximum atomic E-state index is 11.7. The molecule has 0 aliphatic carbocycles. The summed E-state index contributed by atoms with van der Waals surface area (Å²) in [7, 11) is 0. The minimum atomic E-state index is 0.189. The summed E-state index contributed by atoms with van der Waals surface area (Å²) in [5.41, 5.74) is 0. The Balaban J connectivity index is 2.21. The van der Waals surface area contributed by atoms with E-state index in [1.807, 2.05) is 0 Å². The Kier molecular flexibility index (Phi) is 6.56. The maximum absolute atomic E-state index is 11.7. The van der Waals surface area contributed by atoms with Crippen LogP contribution in [0.2, 0.25) is 0 Å². The smallest absolute Gasteiger partial charge is 0.220 e. The SMILES string of the molecule is CCCCCC(=O)NC1COC(CC)C(C)C1. The fraction of sp³-hybridized carbons (Fsp3) is 0.929. The molecular formula is C14H27NO2. The van der Waals surface area contributed by atoms with Gasteiger partial charge in [0.15, 0.2) is 0 Å². The second-order valence-electron chi connectivity index (χ2n) is 5.21. The number of hydrogen-bond donors (Lipinski definition) is 1. The highest BCUT2D eigenvalue weighted by Gasteiger charge is 2.27. The minimum Gasteiger partial charge on any atom is -0.376 e. The summed E-state index contributed by atoms with van der Waals surface area (Å²) in [5, 5.41) is 3.09. The van der Waals surface area contributed by atoms with Gasteiger partial charge in [-0.25, -0.2) is 0 Å². The highest BCUT2D eigenvalue weighted by atomic mass is 16.5. The molecule has 17 heavy (non-hydrogen) atoms. The summed E-state index contributed by atoms with van der Waals surface area (Å²) in [6, 6.07) is 0.224. The topological polar surface area (TPSA) is 38.3 Å². The van der Waals surface area contributed by atoms with Crippen molar-refractivity contribution in [2.75, 3.05) is 6.61 Å². The van der Waals surface area contributed by atoms with Crippen molar-refractivity contribution in [3.63, 3.8) is 0 Å². The average molecular weight is 241 g/mol. The number of amides is 1. The molecule has 1 aliphatic heterocycles. The van der Waals surface area contributed by atoms with E-state index in [1.165, 1.54) is 0 Å². The Hall–Kier alpha value is -0.570. The van der Waals surface area contributed by atoms with E-state index >= 15 is 0 Å². The van der Waals surface area contributed by atoms with Crippen molar-refractivity contribution in [1.29, 1.82) is 0 Å². The predicted octanol–water partition coefficient (Wildman–Crippen LogP) is 2.89. The first-order chi connectivity index (χ1) is 8.17. The first-order valence-corrected chi connectivity index (χ1v) is 7.08. The normalized spacial score (nSPS) is 29.0. The Labute approximate surface area is 105 Å². The largest absolute Gasteiger partial charge is 0.376 e. The quantitative estimate of drug-likeness (QED) is 0.726. The van der Waals surface area contributed by atoms with E-state index in [9.17, 15) is 4.79 Å². The van der Waals surface area contributed by atoms with E-state index in [2.05, 4.69) is 26.1 Å². The van der Waals surface area contributed by atoms with Gasteiger partial charge in [0, 0.05) is 6.42 Å².